The summed E-state index contributed by atoms with van der Waals surface area (Å²) >= 11 is 0. The summed E-state index contributed by atoms with van der Waals surface area (Å²) < 4.78 is 80.6. The molecule has 0 aromatic carbocycles. The monoisotopic (exact) mass is 548 g/mol. The van der Waals surface area contributed by atoms with Crippen LogP contribution < -0.4 is 15.4 Å². The molecule has 37 heavy (non-hydrogen) atoms. The number of rotatable bonds is 9. The van der Waals surface area contributed by atoms with Crippen LogP contribution in [0.25, 0.3) is 0 Å². The molecule has 8 nitrogen and oxygen atoms in total. The lowest BCUT2D eigenvalue weighted by molar-refractivity contribution is -0.127. The van der Waals surface area contributed by atoms with Gasteiger partial charge in [0.25, 0.3) is 6.43 Å². The van der Waals surface area contributed by atoms with Crippen LogP contribution in [0.2, 0.25) is 0 Å². The number of hydrogen-bond acceptors (Lipinski definition) is 7. The number of nitrogens with one attached hydrogen (secondary N) is 3. The number of aromatic nitrogens is 1. The average Bonchev–Trinajstić information content (AvgIpc) is 2.80. The second kappa shape index (κ2) is 11.4. The van der Waals surface area contributed by atoms with Gasteiger partial charge in [0.2, 0.25) is 5.91 Å². The minimum Gasteiger partial charge on any atom is -0.433 e. The van der Waals surface area contributed by atoms with Crippen LogP contribution in [-0.4, -0.2) is 54.7 Å². The van der Waals surface area contributed by atoms with Gasteiger partial charge in [0.05, 0.1) is 23.4 Å². The molecule has 206 valence electrons. The van der Waals surface area contributed by atoms with E-state index in [1.165, 1.54) is 0 Å². The van der Waals surface area contributed by atoms with Crippen LogP contribution in [0, 0.1) is 11.3 Å². The van der Waals surface area contributed by atoms with Crippen molar-refractivity contribution in [3.8, 4) is 5.75 Å². The molecule has 0 spiro atoms. The Balaban J connectivity index is 1.86. The van der Waals surface area contributed by atoms with Crippen LogP contribution in [0.4, 0.5) is 17.6 Å². The van der Waals surface area contributed by atoms with Gasteiger partial charge in [-0.2, -0.15) is 8.78 Å². The standard InChI is InChI=1S/C24H32F4N4O4S/c1-13(2)31-18-10-14(22(33)32-24(3)6-8-37(34,35)9-7-24)4-5-16(18)19(29)17-11-15(36-23(27)28)12-30-20(17)21(25)26/h11-14,21,23,29,31H,4-10H2,1-3H3,(H,32,33)/t14-/m1/s1. The van der Waals surface area contributed by atoms with E-state index in [-0.39, 0.29) is 47.6 Å². The predicted octanol–water partition coefficient (Wildman–Crippen LogP) is 4.12. The van der Waals surface area contributed by atoms with E-state index in [0.717, 1.165) is 12.3 Å². The summed E-state index contributed by atoms with van der Waals surface area (Å²) in [4.78, 5) is 16.7. The second-order valence-corrected chi connectivity index (χ2v) is 12.4. The summed E-state index contributed by atoms with van der Waals surface area (Å²) in [6.45, 7) is 2.34. The van der Waals surface area contributed by atoms with E-state index in [1.54, 1.807) is 0 Å². The number of allylic oxidation sites excluding steroid dienone is 2. The van der Waals surface area contributed by atoms with Crippen LogP contribution in [0.3, 0.4) is 0 Å². The van der Waals surface area contributed by atoms with Gasteiger partial charge in [0.1, 0.15) is 21.3 Å². The summed E-state index contributed by atoms with van der Waals surface area (Å²) in [6, 6.07) is 0.863. The van der Waals surface area contributed by atoms with Crippen molar-refractivity contribution < 1.29 is 35.5 Å². The van der Waals surface area contributed by atoms with Gasteiger partial charge in [0, 0.05) is 28.8 Å². The number of carbonyl (C=O) groups is 1. The fourth-order valence-electron chi connectivity index (χ4n) is 4.61. The molecule has 2 heterocycles. The summed E-state index contributed by atoms with van der Waals surface area (Å²) in [5.74, 6) is -1.14. The highest BCUT2D eigenvalue weighted by Gasteiger charge is 2.37. The maximum atomic E-state index is 13.7. The Hall–Kier alpha value is -2.70. The van der Waals surface area contributed by atoms with Gasteiger partial charge in [0.15, 0.2) is 0 Å². The van der Waals surface area contributed by atoms with Crippen molar-refractivity contribution >= 4 is 21.5 Å². The molecule has 1 aromatic rings. The molecule has 13 heteroatoms. The Morgan fingerprint density at radius 3 is 2.43 bits per heavy atom. The number of carbonyl (C=O) groups excluding carboxylic acids is 1. The van der Waals surface area contributed by atoms with E-state index in [2.05, 4.69) is 20.4 Å². The molecule has 0 unspecified atom stereocenters. The molecular formula is C24H32F4N4O4S. The zero-order valence-corrected chi connectivity index (χ0v) is 21.7. The van der Waals surface area contributed by atoms with Crippen molar-refractivity contribution in [1.29, 1.82) is 5.41 Å². The van der Waals surface area contributed by atoms with Crippen LogP contribution in [-0.2, 0) is 14.6 Å². The highest BCUT2D eigenvalue weighted by molar-refractivity contribution is 7.91. The third kappa shape index (κ3) is 7.42. The van der Waals surface area contributed by atoms with Crippen molar-refractivity contribution in [3.05, 3.63) is 34.8 Å². The van der Waals surface area contributed by atoms with Gasteiger partial charge in [-0.1, -0.05) is 0 Å². The first-order valence-electron chi connectivity index (χ1n) is 12.0. The lowest BCUT2D eigenvalue weighted by Gasteiger charge is -2.37. The largest absolute Gasteiger partial charge is 0.433 e. The molecule has 1 amide bonds. The van der Waals surface area contributed by atoms with E-state index in [0.29, 0.717) is 30.5 Å². The van der Waals surface area contributed by atoms with Crippen molar-refractivity contribution in [2.45, 2.75) is 77.5 Å². The topological polar surface area (TPSA) is 121 Å². The molecule has 0 saturated carbocycles. The first kappa shape index (κ1) is 28.9. The predicted molar refractivity (Wildman–Crippen MR) is 130 cm³/mol. The van der Waals surface area contributed by atoms with E-state index in [9.17, 15) is 30.8 Å². The number of pyridine rings is 1. The zero-order chi connectivity index (χ0) is 27.5. The number of sulfone groups is 1. The molecule has 1 saturated heterocycles. The summed E-state index contributed by atoms with van der Waals surface area (Å²) in [6.07, 6.45) is -0.898. The Morgan fingerprint density at radius 1 is 1.22 bits per heavy atom. The maximum Gasteiger partial charge on any atom is 0.387 e. The quantitative estimate of drug-likeness (QED) is 0.315. The normalized spacial score (nSPS) is 21.3. The number of amides is 1. The molecule has 1 aromatic heterocycles. The third-order valence-corrected chi connectivity index (χ3v) is 8.29. The second-order valence-electron chi connectivity index (χ2n) is 10.1. The van der Waals surface area contributed by atoms with E-state index in [1.807, 2.05) is 20.8 Å². The SMILES string of the molecule is CC(C)NC1=C(C(=N)c2cc(OC(F)F)cnc2C(F)F)CC[C@@H](C(=O)NC2(C)CCS(=O)(=O)CC2)C1. The van der Waals surface area contributed by atoms with Gasteiger partial charge in [-0.05, 0) is 64.5 Å². The molecule has 0 radical (unpaired) electrons. The van der Waals surface area contributed by atoms with Gasteiger partial charge < -0.3 is 15.4 Å². The molecule has 1 aliphatic heterocycles. The summed E-state index contributed by atoms with van der Waals surface area (Å²) in [7, 11) is -3.10. The Bertz CT molecular complexity index is 1160. The molecular weight excluding hydrogens is 516 g/mol. The first-order chi connectivity index (χ1) is 17.2. The molecule has 3 rings (SSSR count). The third-order valence-electron chi connectivity index (χ3n) is 6.64. The molecule has 1 fully saturated rings. The minimum absolute atomic E-state index is 0.00462. The summed E-state index contributed by atoms with van der Waals surface area (Å²) in [5, 5.41) is 14.9. The smallest absolute Gasteiger partial charge is 0.387 e. The van der Waals surface area contributed by atoms with Gasteiger partial charge in [-0.15, -0.1) is 0 Å². The minimum atomic E-state index is -3.18. The Kier molecular flexibility index (Phi) is 8.86. The van der Waals surface area contributed by atoms with Crippen LogP contribution >= 0.6 is 0 Å². The number of alkyl halides is 4. The van der Waals surface area contributed by atoms with Crippen LogP contribution in [0.5, 0.6) is 5.75 Å². The number of hydrogen-bond donors (Lipinski definition) is 3. The molecule has 0 bridgehead atoms. The number of halogens is 4. The summed E-state index contributed by atoms with van der Waals surface area (Å²) in [5.41, 5.74) is -1.05. The van der Waals surface area contributed by atoms with Crippen molar-refractivity contribution in [2.24, 2.45) is 5.92 Å². The highest BCUT2D eigenvalue weighted by atomic mass is 32.2. The Labute approximate surface area is 213 Å². The lowest BCUT2D eigenvalue weighted by Crippen LogP contribution is -2.53. The molecule has 1 atom stereocenters. The highest BCUT2D eigenvalue weighted by Crippen LogP contribution is 2.35. The molecule has 3 N–H and O–H groups in total. The average molecular weight is 549 g/mol. The molecule has 2 aliphatic rings. The van der Waals surface area contributed by atoms with Crippen molar-refractivity contribution in [1.82, 2.24) is 15.6 Å². The van der Waals surface area contributed by atoms with E-state index < -0.39 is 45.8 Å². The maximum absolute atomic E-state index is 13.7. The van der Waals surface area contributed by atoms with Gasteiger partial charge >= 0.3 is 6.61 Å². The van der Waals surface area contributed by atoms with Crippen LogP contribution in [0.15, 0.2) is 23.5 Å². The van der Waals surface area contributed by atoms with Crippen molar-refractivity contribution in [2.75, 3.05) is 11.5 Å². The fraction of sp³-hybridized carbons (Fsp3) is 0.625. The molecule has 1 aliphatic carbocycles. The number of ether oxygens (including phenoxy) is 1. The zero-order valence-electron chi connectivity index (χ0n) is 20.9. The number of nitrogens with zero attached hydrogens (tertiary/aromatic N) is 1. The Morgan fingerprint density at radius 2 is 1.86 bits per heavy atom. The van der Waals surface area contributed by atoms with Crippen LogP contribution in [0.1, 0.15) is 70.6 Å². The van der Waals surface area contributed by atoms with E-state index in [4.69, 9.17) is 5.41 Å². The van der Waals surface area contributed by atoms with E-state index >= 15 is 0 Å². The first-order valence-corrected chi connectivity index (χ1v) is 13.8. The van der Waals surface area contributed by atoms with Gasteiger partial charge in [-0.25, -0.2) is 17.2 Å². The fourth-order valence-corrected chi connectivity index (χ4v) is 6.34. The van der Waals surface area contributed by atoms with Crippen molar-refractivity contribution in [3.63, 3.8) is 0 Å². The van der Waals surface area contributed by atoms with Gasteiger partial charge in [-0.3, -0.25) is 15.2 Å². The lowest BCUT2D eigenvalue weighted by atomic mass is 9.82.